The maximum Gasteiger partial charge on any atom is 0.490 e. The van der Waals surface area contributed by atoms with E-state index in [-0.39, 0.29) is 29.6 Å². The summed E-state index contributed by atoms with van der Waals surface area (Å²) in [7, 11) is 0.401. The molecule has 0 aliphatic rings. The van der Waals surface area contributed by atoms with E-state index in [4.69, 9.17) is 35.0 Å². The molecule has 0 aromatic heterocycles. The van der Waals surface area contributed by atoms with E-state index in [0.717, 1.165) is 0 Å². The van der Waals surface area contributed by atoms with E-state index in [1.807, 2.05) is 0 Å². The van der Waals surface area contributed by atoms with Gasteiger partial charge in [-0.1, -0.05) is 12.1 Å². The van der Waals surface area contributed by atoms with E-state index < -0.39 is 40.0 Å². The normalized spacial score (nSPS) is 12.3. The molecule has 0 saturated carbocycles. The first-order valence-electron chi connectivity index (χ1n) is 11.5. The average Bonchev–Trinajstić information content (AvgIpc) is 2.88. The number of aryl methyl sites for hydroxylation is 1. The number of carbonyl (C=O) groups is 3. The molecular formula is C24H30F3N5O9S. The number of aliphatic carboxylic acids is 1. The molecule has 14 nitrogen and oxygen atoms in total. The van der Waals surface area contributed by atoms with Crippen LogP contribution in [0.25, 0.3) is 0 Å². The van der Waals surface area contributed by atoms with Crippen molar-refractivity contribution in [2.45, 2.75) is 30.5 Å². The number of carboxylic acid groups (broad SMARTS) is 1. The first kappa shape index (κ1) is 35.6. The van der Waals surface area contributed by atoms with Crippen molar-refractivity contribution in [2.75, 3.05) is 33.3 Å². The van der Waals surface area contributed by atoms with Gasteiger partial charge in [-0.2, -0.15) is 13.2 Å². The number of rotatable bonds is 10. The number of ether oxygens (including phenoxy) is 3. The summed E-state index contributed by atoms with van der Waals surface area (Å²) in [6, 6.07) is 7.98. The van der Waals surface area contributed by atoms with Gasteiger partial charge in [0.15, 0.2) is 23.5 Å². The highest BCUT2D eigenvalue weighted by molar-refractivity contribution is 7.89. The molecule has 0 saturated heterocycles. The predicted octanol–water partition coefficient (Wildman–Crippen LogP) is 0.920. The van der Waals surface area contributed by atoms with E-state index in [0.29, 0.717) is 22.6 Å². The fourth-order valence-electron chi connectivity index (χ4n) is 3.02. The number of sulfonamides is 1. The van der Waals surface area contributed by atoms with E-state index in [1.54, 1.807) is 25.1 Å². The molecule has 2 rings (SSSR count). The van der Waals surface area contributed by atoms with Crippen LogP contribution in [0.2, 0.25) is 0 Å². The van der Waals surface area contributed by atoms with Crippen LogP contribution in [0.5, 0.6) is 11.5 Å². The minimum Gasteiger partial charge on any atom is -0.493 e. The van der Waals surface area contributed by atoms with Crippen molar-refractivity contribution < 1.29 is 55.3 Å². The lowest BCUT2D eigenvalue weighted by Crippen LogP contribution is -2.41. The largest absolute Gasteiger partial charge is 0.493 e. The maximum absolute atomic E-state index is 12.8. The Bertz CT molecular complexity index is 1420. The monoisotopic (exact) mass is 621 g/mol. The molecule has 232 valence electrons. The summed E-state index contributed by atoms with van der Waals surface area (Å²) in [6.07, 6.45) is -5.11. The van der Waals surface area contributed by atoms with Crippen LogP contribution >= 0.6 is 0 Å². The highest BCUT2D eigenvalue weighted by atomic mass is 32.2. The molecule has 18 heteroatoms. The molecule has 2 amide bonds. The molecule has 0 unspecified atom stereocenters. The van der Waals surface area contributed by atoms with Gasteiger partial charge in [0.1, 0.15) is 0 Å². The maximum atomic E-state index is 12.8. The van der Waals surface area contributed by atoms with Gasteiger partial charge in [-0.15, -0.1) is 0 Å². The average molecular weight is 622 g/mol. The molecule has 0 radical (unpaired) electrons. The molecule has 42 heavy (non-hydrogen) atoms. The van der Waals surface area contributed by atoms with Crippen LogP contribution in [-0.2, 0) is 35.6 Å². The van der Waals surface area contributed by atoms with Gasteiger partial charge in [-0.3, -0.25) is 14.9 Å². The number of carboxylic acids is 1. The van der Waals surface area contributed by atoms with Crippen LogP contribution in [-0.4, -0.2) is 77.4 Å². The van der Waals surface area contributed by atoms with Crippen LogP contribution in [0, 0.1) is 6.92 Å². The summed E-state index contributed by atoms with van der Waals surface area (Å²) in [4.78, 5) is 38.0. The van der Waals surface area contributed by atoms with Crippen LogP contribution < -0.4 is 31.0 Å². The number of aliphatic imine (C=N–C) groups is 1. The summed E-state index contributed by atoms with van der Waals surface area (Å²) in [5.74, 6) is -3.14. The Hall–Kier alpha value is -4.42. The third kappa shape index (κ3) is 11.6. The number of methoxy groups -OCH3 is 3. The highest BCUT2D eigenvalue weighted by Gasteiger charge is 2.38. The van der Waals surface area contributed by atoms with Gasteiger partial charge in [0, 0.05) is 12.8 Å². The number of amides is 2. The Kier molecular flexibility index (Phi) is 13.2. The Morgan fingerprint density at radius 1 is 1.05 bits per heavy atom. The van der Waals surface area contributed by atoms with Gasteiger partial charge < -0.3 is 30.4 Å². The number of hydrogen-bond donors (Lipinski definition) is 5. The lowest BCUT2D eigenvalue weighted by Gasteiger charge is -2.15. The predicted molar refractivity (Wildman–Crippen MR) is 144 cm³/mol. The molecule has 2 aromatic rings. The van der Waals surface area contributed by atoms with Crippen molar-refractivity contribution in [1.29, 1.82) is 0 Å². The number of nitrogens with zero attached hydrogens (tertiary/aromatic N) is 1. The molecule has 7 N–H and O–H groups in total. The van der Waals surface area contributed by atoms with Crippen LogP contribution in [0.4, 0.5) is 18.9 Å². The molecule has 0 heterocycles. The smallest absolute Gasteiger partial charge is 0.490 e. The Balaban J connectivity index is 0.00000112. The van der Waals surface area contributed by atoms with Crippen molar-refractivity contribution in [1.82, 2.24) is 5.32 Å². The van der Waals surface area contributed by atoms with E-state index >= 15 is 0 Å². The first-order valence-corrected chi connectivity index (χ1v) is 13.0. The minimum atomic E-state index is -5.08. The van der Waals surface area contributed by atoms with Crippen molar-refractivity contribution in [2.24, 2.45) is 15.9 Å². The number of benzene rings is 2. The highest BCUT2D eigenvalue weighted by Crippen LogP contribution is 2.27. The number of alkyl halides is 3. The van der Waals surface area contributed by atoms with Crippen molar-refractivity contribution >= 4 is 39.5 Å². The van der Waals surface area contributed by atoms with Gasteiger partial charge in [-0.05, 0) is 42.3 Å². The molecule has 0 aliphatic heterocycles. The fourth-order valence-corrected chi connectivity index (χ4v) is 3.56. The molecule has 0 bridgehead atoms. The molecule has 0 spiro atoms. The summed E-state index contributed by atoms with van der Waals surface area (Å²) >= 11 is 0. The number of anilines is 1. The fraction of sp³-hybridized carbons (Fsp3) is 0.333. The molecule has 1 atom stereocenters. The standard InChI is InChI=1S/C22H29N5O7S.C2HF3O2/c1-13-5-7-15(35(24,30)31)11-16(13)25-21(29)17(12-32-2)26-22(23)27-20(28)10-14-6-8-18(33-3)19(9-14)34-4;3-2(4,5)1(6)7/h5-9,11,17H,10,12H2,1-4H3,(H,25,29)(H2,24,30,31)(H3,23,26,27,28);(H,6,7)/t17-;/m1./s1. The molecule has 2 aromatic carbocycles. The van der Waals surface area contributed by atoms with Gasteiger partial charge in [0.25, 0.3) is 5.91 Å². The Morgan fingerprint density at radius 3 is 2.14 bits per heavy atom. The van der Waals surface area contributed by atoms with Gasteiger partial charge in [-0.25, -0.2) is 23.3 Å². The van der Waals surface area contributed by atoms with Crippen LogP contribution in [0.1, 0.15) is 11.1 Å². The van der Waals surface area contributed by atoms with E-state index in [9.17, 15) is 31.2 Å². The molecule has 0 fully saturated rings. The number of hydrogen-bond acceptors (Lipinski definition) is 9. The van der Waals surface area contributed by atoms with E-state index in [2.05, 4.69) is 15.6 Å². The Morgan fingerprint density at radius 2 is 1.64 bits per heavy atom. The van der Waals surface area contributed by atoms with Gasteiger partial charge in [0.2, 0.25) is 15.9 Å². The third-order valence-corrected chi connectivity index (χ3v) is 5.95. The second-order valence-corrected chi connectivity index (χ2v) is 9.78. The summed E-state index contributed by atoms with van der Waals surface area (Å²) in [5.41, 5.74) is 7.32. The second-order valence-electron chi connectivity index (χ2n) is 8.21. The zero-order valence-electron chi connectivity index (χ0n) is 22.8. The second kappa shape index (κ2) is 15.5. The molecular weight excluding hydrogens is 591 g/mol. The minimum absolute atomic E-state index is 0.0305. The lowest BCUT2D eigenvalue weighted by molar-refractivity contribution is -0.192. The quantitative estimate of drug-likeness (QED) is 0.186. The summed E-state index contributed by atoms with van der Waals surface area (Å²) in [5, 5.41) is 17.3. The zero-order chi connectivity index (χ0) is 32.3. The third-order valence-electron chi connectivity index (χ3n) is 5.04. The van der Waals surface area contributed by atoms with Crippen LogP contribution in [0.3, 0.4) is 0 Å². The number of primary sulfonamides is 1. The SMILES string of the molecule is COC[C@@H](N=C(N)NC(=O)Cc1ccc(OC)c(OC)c1)C(=O)Nc1cc(S(N)(=O)=O)ccc1C.O=C(O)C(F)(F)F. The van der Waals surface area contributed by atoms with Crippen molar-refractivity contribution in [3.63, 3.8) is 0 Å². The summed E-state index contributed by atoms with van der Waals surface area (Å²) < 4.78 is 70.4. The first-order chi connectivity index (χ1) is 19.4. The summed E-state index contributed by atoms with van der Waals surface area (Å²) in [6.45, 7) is 1.53. The Labute approximate surface area is 238 Å². The number of guanidine groups is 1. The zero-order valence-corrected chi connectivity index (χ0v) is 23.6. The number of halogens is 3. The van der Waals surface area contributed by atoms with Crippen molar-refractivity contribution in [3.05, 3.63) is 47.5 Å². The van der Waals surface area contributed by atoms with Gasteiger partial charge >= 0.3 is 12.1 Å². The number of nitrogens with two attached hydrogens (primary N) is 2. The number of nitrogens with one attached hydrogen (secondary N) is 2. The molecule has 0 aliphatic carbocycles. The van der Waals surface area contributed by atoms with E-state index in [1.165, 1.54) is 39.5 Å². The topological polar surface area (TPSA) is 222 Å². The van der Waals surface area contributed by atoms with Crippen molar-refractivity contribution in [3.8, 4) is 11.5 Å². The van der Waals surface area contributed by atoms with Crippen LogP contribution in [0.15, 0.2) is 46.3 Å². The lowest BCUT2D eigenvalue weighted by atomic mass is 10.1. The number of carbonyl (C=O) groups excluding carboxylic acids is 2. The van der Waals surface area contributed by atoms with Gasteiger partial charge in [0.05, 0.1) is 32.1 Å².